The number of hydrogen-bond acceptors (Lipinski definition) is 4. The van der Waals surface area contributed by atoms with Gasteiger partial charge in [-0.05, 0) is 56.7 Å². The normalized spacial score (nSPS) is 20.5. The number of aryl methyl sites for hydroxylation is 2. The van der Waals surface area contributed by atoms with Gasteiger partial charge in [-0.3, -0.25) is 14.4 Å². The Labute approximate surface area is 171 Å². The van der Waals surface area contributed by atoms with Gasteiger partial charge in [0.2, 0.25) is 11.8 Å². The summed E-state index contributed by atoms with van der Waals surface area (Å²) < 4.78 is 0. The van der Waals surface area contributed by atoms with Gasteiger partial charge in [-0.15, -0.1) is 0 Å². The van der Waals surface area contributed by atoms with Crippen molar-refractivity contribution in [2.24, 2.45) is 11.0 Å². The van der Waals surface area contributed by atoms with Crippen molar-refractivity contribution in [3.8, 4) is 0 Å². The molecule has 1 aromatic carbocycles. The Bertz CT molecular complexity index is 867. The molecule has 2 aliphatic heterocycles. The Morgan fingerprint density at radius 2 is 1.79 bits per heavy atom. The van der Waals surface area contributed by atoms with Gasteiger partial charge in [-0.2, -0.15) is 5.10 Å². The standard InChI is InChI=1S/C22H28N4O3/c1-14-3-4-15(2)19(13-14)26-20(27)8-7-18(24-26)22(29)25-11-9-16(10-12-25)21(28)23-17-5-6-17/h3-4,13,16-17H,5-12H2,1-2H3,(H,23,28). The highest BCUT2D eigenvalue weighted by Gasteiger charge is 2.34. The van der Waals surface area contributed by atoms with Crippen molar-refractivity contribution in [3.63, 3.8) is 0 Å². The third kappa shape index (κ3) is 4.33. The molecule has 0 bridgehead atoms. The lowest BCUT2D eigenvalue weighted by Crippen LogP contribution is -2.47. The van der Waals surface area contributed by atoms with Gasteiger partial charge in [0.25, 0.3) is 5.91 Å². The Kier molecular flexibility index (Phi) is 5.39. The highest BCUT2D eigenvalue weighted by Crippen LogP contribution is 2.27. The summed E-state index contributed by atoms with van der Waals surface area (Å²) in [5.41, 5.74) is 3.14. The molecule has 3 amide bonds. The van der Waals surface area contributed by atoms with Gasteiger partial charge in [-0.25, -0.2) is 5.01 Å². The zero-order chi connectivity index (χ0) is 20.5. The Morgan fingerprint density at radius 1 is 1.07 bits per heavy atom. The summed E-state index contributed by atoms with van der Waals surface area (Å²) in [6.45, 7) is 5.01. The Morgan fingerprint density at radius 3 is 2.48 bits per heavy atom. The fraction of sp³-hybridized carbons (Fsp3) is 0.545. The van der Waals surface area contributed by atoms with E-state index in [1.807, 2.05) is 32.0 Å². The van der Waals surface area contributed by atoms with Gasteiger partial charge in [0.05, 0.1) is 5.69 Å². The highest BCUT2D eigenvalue weighted by atomic mass is 16.2. The molecule has 1 aliphatic carbocycles. The van der Waals surface area contributed by atoms with Crippen LogP contribution in [0.15, 0.2) is 23.3 Å². The van der Waals surface area contributed by atoms with Crippen molar-refractivity contribution in [2.45, 2.75) is 58.4 Å². The molecule has 1 saturated carbocycles. The van der Waals surface area contributed by atoms with Gasteiger partial charge >= 0.3 is 0 Å². The molecule has 7 heteroatoms. The van der Waals surface area contributed by atoms with Crippen LogP contribution in [0.25, 0.3) is 0 Å². The molecule has 3 aliphatic rings. The molecule has 0 aromatic heterocycles. The third-order valence-electron chi connectivity index (χ3n) is 5.95. The second kappa shape index (κ2) is 7.97. The number of likely N-dealkylation sites (tertiary alicyclic amines) is 1. The maximum atomic E-state index is 13.0. The molecular formula is C22H28N4O3. The number of carbonyl (C=O) groups is 3. The lowest BCUT2D eigenvalue weighted by atomic mass is 9.95. The minimum absolute atomic E-state index is 0.0130. The first kappa shape index (κ1) is 19.6. The second-order valence-corrected chi connectivity index (χ2v) is 8.39. The lowest BCUT2D eigenvalue weighted by Gasteiger charge is -2.33. The number of nitrogens with one attached hydrogen (secondary N) is 1. The molecule has 29 heavy (non-hydrogen) atoms. The Balaban J connectivity index is 1.43. The van der Waals surface area contributed by atoms with Crippen LogP contribution in [0.5, 0.6) is 0 Å². The van der Waals surface area contributed by atoms with Gasteiger partial charge in [0.1, 0.15) is 5.71 Å². The molecule has 0 radical (unpaired) electrons. The van der Waals surface area contributed by atoms with Gasteiger partial charge < -0.3 is 10.2 Å². The van der Waals surface area contributed by atoms with E-state index in [0.29, 0.717) is 44.1 Å². The van der Waals surface area contributed by atoms with Crippen LogP contribution in [0, 0.1) is 19.8 Å². The lowest BCUT2D eigenvalue weighted by molar-refractivity contribution is -0.131. The number of carbonyl (C=O) groups excluding carboxylic acids is 3. The topological polar surface area (TPSA) is 82.1 Å². The first-order valence-corrected chi connectivity index (χ1v) is 10.5. The number of nitrogens with zero attached hydrogens (tertiary/aromatic N) is 3. The maximum absolute atomic E-state index is 13.0. The molecule has 7 nitrogen and oxygen atoms in total. The minimum Gasteiger partial charge on any atom is -0.353 e. The van der Waals surface area contributed by atoms with Crippen molar-refractivity contribution in [1.82, 2.24) is 10.2 Å². The first-order valence-electron chi connectivity index (χ1n) is 10.5. The largest absolute Gasteiger partial charge is 0.353 e. The minimum atomic E-state index is -0.117. The van der Waals surface area contributed by atoms with Crippen molar-refractivity contribution < 1.29 is 14.4 Å². The first-order chi connectivity index (χ1) is 13.9. The fourth-order valence-electron chi connectivity index (χ4n) is 3.92. The van der Waals surface area contributed by atoms with Crippen LogP contribution in [0.4, 0.5) is 5.69 Å². The average Bonchev–Trinajstić information content (AvgIpc) is 3.54. The van der Waals surface area contributed by atoms with E-state index in [4.69, 9.17) is 0 Å². The van der Waals surface area contributed by atoms with E-state index in [9.17, 15) is 14.4 Å². The smallest absolute Gasteiger partial charge is 0.270 e. The van der Waals surface area contributed by atoms with Gasteiger partial charge in [0.15, 0.2) is 0 Å². The Hall–Kier alpha value is -2.70. The van der Waals surface area contributed by atoms with E-state index >= 15 is 0 Å². The molecule has 0 unspecified atom stereocenters. The van der Waals surface area contributed by atoms with E-state index in [2.05, 4.69) is 10.4 Å². The van der Waals surface area contributed by atoms with Gasteiger partial charge in [-0.1, -0.05) is 12.1 Å². The number of anilines is 1. The zero-order valence-electron chi connectivity index (χ0n) is 17.1. The van der Waals surface area contributed by atoms with E-state index in [1.165, 1.54) is 5.01 Å². The summed E-state index contributed by atoms with van der Waals surface area (Å²) in [7, 11) is 0. The number of piperidine rings is 1. The van der Waals surface area contributed by atoms with Crippen LogP contribution in [-0.2, 0) is 14.4 Å². The number of amides is 3. The number of benzene rings is 1. The zero-order valence-corrected chi connectivity index (χ0v) is 17.1. The molecule has 0 spiro atoms. The van der Waals surface area contributed by atoms with Gasteiger partial charge in [0, 0.05) is 37.9 Å². The summed E-state index contributed by atoms with van der Waals surface area (Å²) in [6, 6.07) is 6.24. The van der Waals surface area contributed by atoms with Crippen LogP contribution in [-0.4, -0.2) is 47.5 Å². The molecule has 1 saturated heterocycles. The van der Waals surface area contributed by atoms with Crippen molar-refractivity contribution in [1.29, 1.82) is 0 Å². The van der Waals surface area contributed by atoms with Crippen LogP contribution in [0.1, 0.15) is 49.7 Å². The molecular weight excluding hydrogens is 368 g/mol. The van der Waals surface area contributed by atoms with E-state index in [-0.39, 0.29) is 30.1 Å². The summed E-state index contributed by atoms with van der Waals surface area (Å²) >= 11 is 0. The van der Waals surface area contributed by atoms with Crippen LogP contribution >= 0.6 is 0 Å². The number of hydrazone groups is 1. The number of hydrogen-bond donors (Lipinski definition) is 1. The van der Waals surface area contributed by atoms with Crippen LogP contribution in [0.3, 0.4) is 0 Å². The predicted octanol–water partition coefficient (Wildman–Crippen LogP) is 2.30. The monoisotopic (exact) mass is 396 g/mol. The third-order valence-corrected chi connectivity index (χ3v) is 5.95. The average molecular weight is 396 g/mol. The summed E-state index contributed by atoms with van der Waals surface area (Å²) in [5.74, 6) is -0.0955. The van der Waals surface area contributed by atoms with Crippen molar-refractivity contribution >= 4 is 29.1 Å². The highest BCUT2D eigenvalue weighted by molar-refractivity contribution is 6.40. The molecule has 2 heterocycles. The van der Waals surface area contributed by atoms with E-state index in [1.54, 1.807) is 4.90 Å². The molecule has 154 valence electrons. The van der Waals surface area contributed by atoms with Crippen molar-refractivity contribution in [3.05, 3.63) is 29.3 Å². The second-order valence-electron chi connectivity index (χ2n) is 8.39. The fourth-order valence-corrected chi connectivity index (χ4v) is 3.92. The molecule has 0 atom stereocenters. The van der Waals surface area contributed by atoms with Crippen LogP contribution < -0.4 is 10.3 Å². The maximum Gasteiger partial charge on any atom is 0.270 e. The van der Waals surface area contributed by atoms with Crippen molar-refractivity contribution in [2.75, 3.05) is 18.1 Å². The van der Waals surface area contributed by atoms with E-state index in [0.717, 1.165) is 29.7 Å². The quantitative estimate of drug-likeness (QED) is 0.848. The molecule has 1 N–H and O–H groups in total. The van der Waals surface area contributed by atoms with E-state index < -0.39 is 0 Å². The molecule has 4 rings (SSSR count). The van der Waals surface area contributed by atoms with Crippen LogP contribution in [0.2, 0.25) is 0 Å². The SMILES string of the molecule is Cc1ccc(C)c(N2N=C(C(=O)N3CCC(C(=O)NC4CC4)CC3)CCC2=O)c1. The summed E-state index contributed by atoms with van der Waals surface area (Å²) in [5, 5.41) is 8.89. The molecule has 1 aromatic rings. The molecule has 2 fully saturated rings. The summed E-state index contributed by atoms with van der Waals surface area (Å²) in [6.07, 6.45) is 4.16. The predicted molar refractivity (Wildman–Crippen MR) is 111 cm³/mol. The summed E-state index contributed by atoms with van der Waals surface area (Å²) in [4.78, 5) is 39.5. The number of rotatable bonds is 4.